The summed E-state index contributed by atoms with van der Waals surface area (Å²) in [4.78, 5) is 8.56. The molecule has 2 aromatic carbocycles. The number of ether oxygens (including phenoxy) is 1. The Hall–Kier alpha value is -2.34. The van der Waals surface area contributed by atoms with Gasteiger partial charge in [0.25, 0.3) is 0 Å². The van der Waals surface area contributed by atoms with E-state index in [1.165, 1.54) is 27.7 Å². The van der Waals surface area contributed by atoms with Crippen molar-refractivity contribution in [3.63, 3.8) is 0 Å². The van der Waals surface area contributed by atoms with Crippen molar-refractivity contribution >= 4 is 10.9 Å². The molecule has 5 nitrogen and oxygen atoms in total. The van der Waals surface area contributed by atoms with Crippen LogP contribution in [0.25, 0.3) is 10.9 Å². The van der Waals surface area contributed by atoms with Crippen molar-refractivity contribution in [3.8, 4) is 5.75 Å². The van der Waals surface area contributed by atoms with Gasteiger partial charge in [0.2, 0.25) is 0 Å². The molecule has 0 amide bonds. The quantitative estimate of drug-likeness (QED) is 0.645. The number of aliphatic hydroxyl groups is 1. The first kappa shape index (κ1) is 20.0. The van der Waals surface area contributed by atoms with Crippen molar-refractivity contribution < 1.29 is 9.84 Å². The van der Waals surface area contributed by atoms with Gasteiger partial charge in [0.05, 0.1) is 7.11 Å². The molecule has 1 atom stereocenters. The Kier molecular flexibility index (Phi) is 6.19. The van der Waals surface area contributed by atoms with Crippen LogP contribution in [0.15, 0.2) is 48.5 Å². The van der Waals surface area contributed by atoms with Crippen LogP contribution in [-0.2, 0) is 13.1 Å². The number of aromatic nitrogens is 1. The highest BCUT2D eigenvalue weighted by Crippen LogP contribution is 2.23. The minimum atomic E-state index is 0.225. The van der Waals surface area contributed by atoms with Crippen LogP contribution in [0.5, 0.6) is 5.75 Å². The number of hydrogen-bond acceptors (Lipinski definition) is 4. The number of nitrogens with one attached hydrogen (secondary N) is 1. The number of aryl methyl sites for hydroxylation is 1. The van der Waals surface area contributed by atoms with E-state index in [1.807, 2.05) is 0 Å². The van der Waals surface area contributed by atoms with Crippen LogP contribution in [-0.4, -0.2) is 59.3 Å². The number of aliphatic hydroxyl groups excluding tert-OH is 1. The van der Waals surface area contributed by atoms with Crippen molar-refractivity contribution in [2.24, 2.45) is 0 Å². The van der Waals surface area contributed by atoms with Gasteiger partial charge in [-0.3, -0.25) is 9.80 Å². The van der Waals surface area contributed by atoms with Crippen LogP contribution in [0, 0.1) is 6.92 Å². The summed E-state index contributed by atoms with van der Waals surface area (Å²) >= 11 is 0. The van der Waals surface area contributed by atoms with Crippen molar-refractivity contribution in [3.05, 3.63) is 65.4 Å². The van der Waals surface area contributed by atoms with E-state index in [0.29, 0.717) is 6.04 Å². The molecule has 5 heteroatoms. The summed E-state index contributed by atoms with van der Waals surface area (Å²) in [5, 5.41) is 10.9. The lowest BCUT2D eigenvalue weighted by molar-refractivity contribution is 0.0495. The van der Waals surface area contributed by atoms with E-state index in [4.69, 9.17) is 4.74 Å². The maximum absolute atomic E-state index is 9.62. The molecule has 0 aliphatic carbocycles. The summed E-state index contributed by atoms with van der Waals surface area (Å²) in [5.41, 5.74) is 4.92. The monoisotopic (exact) mass is 393 g/mol. The first-order chi connectivity index (χ1) is 14.2. The van der Waals surface area contributed by atoms with E-state index in [2.05, 4.69) is 70.2 Å². The number of para-hydroxylation sites is 1. The number of aromatic amines is 1. The second-order valence-electron chi connectivity index (χ2n) is 8.06. The Morgan fingerprint density at radius 3 is 2.72 bits per heavy atom. The summed E-state index contributed by atoms with van der Waals surface area (Å²) in [5.74, 6) is 0.934. The molecule has 1 aliphatic rings. The molecule has 0 saturated carbocycles. The number of piperazine rings is 1. The Balaban J connectivity index is 1.42. The zero-order valence-electron chi connectivity index (χ0n) is 17.4. The maximum atomic E-state index is 9.62. The van der Waals surface area contributed by atoms with Crippen molar-refractivity contribution in [1.29, 1.82) is 0 Å². The van der Waals surface area contributed by atoms with Crippen LogP contribution < -0.4 is 4.74 Å². The van der Waals surface area contributed by atoms with Crippen molar-refractivity contribution in [2.75, 3.05) is 33.4 Å². The van der Waals surface area contributed by atoms with Gasteiger partial charge in [0.15, 0.2) is 0 Å². The zero-order chi connectivity index (χ0) is 20.2. The third-order valence-corrected chi connectivity index (χ3v) is 5.98. The van der Waals surface area contributed by atoms with Crippen molar-refractivity contribution in [1.82, 2.24) is 14.8 Å². The summed E-state index contributed by atoms with van der Waals surface area (Å²) in [6, 6.07) is 17.5. The highest BCUT2D eigenvalue weighted by atomic mass is 16.5. The van der Waals surface area contributed by atoms with E-state index in [-0.39, 0.29) is 6.61 Å². The predicted octanol–water partition coefficient (Wildman–Crippen LogP) is 3.55. The third kappa shape index (κ3) is 4.64. The molecule has 1 fully saturated rings. The topological polar surface area (TPSA) is 51.7 Å². The van der Waals surface area contributed by atoms with Gasteiger partial charge in [0, 0.05) is 56.6 Å². The fraction of sp³-hybridized carbons (Fsp3) is 0.417. The maximum Gasteiger partial charge on any atom is 0.121 e. The van der Waals surface area contributed by atoms with Gasteiger partial charge >= 0.3 is 0 Å². The van der Waals surface area contributed by atoms with E-state index >= 15 is 0 Å². The van der Waals surface area contributed by atoms with Gasteiger partial charge in [0.1, 0.15) is 5.75 Å². The number of benzene rings is 2. The Labute approximate surface area is 172 Å². The van der Waals surface area contributed by atoms with Crippen LogP contribution >= 0.6 is 0 Å². The average molecular weight is 394 g/mol. The van der Waals surface area contributed by atoms with Gasteiger partial charge in [-0.15, -0.1) is 0 Å². The van der Waals surface area contributed by atoms with Crippen LogP contribution in [0.1, 0.15) is 23.2 Å². The molecule has 1 aliphatic heterocycles. The van der Waals surface area contributed by atoms with Crippen molar-refractivity contribution in [2.45, 2.75) is 32.5 Å². The molecule has 1 saturated heterocycles. The SMILES string of the molecule is COc1ccc(CN2CCN(Cc3cc4ccccc4[nH]3)C[C@H]2CCO)cc1C. The smallest absolute Gasteiger partial charge is 0.121 e. The van der Waals surface area contributed by atoms with E-state index in [1.54, 1.807) is 7.11 Å². The van der Waals surface area contributed by atoms with E-state index in [0.717, 1.165) is 44.9 Å². The Morgan fingerprint density at radius 2 is 1.97 bits per heavy atom. The minimum Gasteiger partial charge on any atom is -0.496 e. The molecule has 0 unspecified atom stereocenters. The number of methoxy groups -OCH3 is 1. The first-order valence-corrected chi connectivity index (χ1v) is 10.4. The molecule has 4 rings (SSSR count). The Morgan fingerprint density at radius 1 is 1.10 bits per heavy atom. The number of fused-ring (bicyclic) bond motifs is 1. The lowest BCUT2D eigenvalue weighted by atomic mass is 10.1. The fourth-order valence-corrected chi connectivity index (χ4v) is 4.46. The van der Waals surface area contributed by atoms with Gasteiger partial charge in [-0.25, -0.2) is 0 Å². The summed E-state index contributed by atoms with van der Waals surface area (Å²) in [6.45, 7) is 7.17. The number of hydrogen-bond donors (Lipinski definition) is 2. The second kappa shape index (κ2) is 8.99. The molecule has 29 heavy (non-hydrogen) atoms. The van der Waals surface area contributed by atoms with Crippen LogP contribution in [0.2, 0.25) is 0 Å². The standard InChI is InChI=1S/C24H31N3O2/c1-18-13-19(7-8-24(18)29-2)15-27-11-10-26(17-22(27)9-12-28)16-21-14-20-5-3-4-6-23(20)25-21/h3-8,13-14,22,25,28H,9-12,15-17H2,1-2H3/t22-/m1/s1. The molecule has 154 valence electrons. The number of rotatable bonds is 7. The molecule has 0 bridgehead atoms. The van der Waals surface area contributed by atoms with Crippen LogP contribution in [0.4, 0.5) is 0 Å². The summed E-state index contributed by atoms with van der Waals surface area (Å²) in [7, 11) is 1.71. The molecule has 0 spiro atoms. The highest BCUT2D eigenvalue weighted by Gasteiger charge is 2.27. The lowest BCUT2D eigenvalue weighted by Gasteiger charge is -2.41. The van der Waals surface area contributed by atoms with Gasteiger partial charge in [-0.1, -0.05) is 30.3 Å². The molecule has 1 aromatic heterocycles. The van der Waals surface area contributed by atoms with Gasteiger partial charge < -0.3 is 14.8 Å². The Bertz CT molecular complexity index is 919. The number of H-pyrrole nitrogens is 1. The molecule has 2 heterocycles. The zero-order valence-corrected chi connectivity index (χ0v) is 17.4. The fourth-order valence-electron chi connectivity index (χ4n) is 4.46. The van der Waals surface area contributed by atoms with Gasteiger partial charge in [-0.2, -0.15) is 0 Å². The molecular weight excluding hydrogens is 362 g/mol. The van der Waals surface area contributed by atoms with Crippen LogP contribution in [0.3, 0.4) is 0 Å². The first-order valence-electron chi connectivity index (χ1n) is 10.4. The van der Waals surface area contributed by atoms with E-state index in [9.17, 15) is 5.11 Å². The predicted molar refractivity (Wildman–Crippen MR) is 117 cm³/mol. The number of nitrogens with zero attached hydrogens (tertiary/aromatic N) is 2. The second-order valence-corrected chi connectivity index (χ2v) is 8.06. The van der Waals surface area contributed by atoms with E-state index < -0.39 is 0 Å². The minimum absolute atomic E-state index is 0.225. The average Bonchev–Trinajstić information content (AvgIpc) is 3.12. The highest BCUT2D eigenvalue weighted by molar-refractivity contribution is 5.80. The summed E-state index contributed by atoms with van der Waals surface area (Å²) < 4.78 is 5.39. The molecular formula is C24H31N3O2. The molecule has 2 N–H and O–H groups in total. The largest absolute Gasteiger partial charge is 0.496 e. The molecule has 3 aromatic rings. The normalized spacial score (nSPS) is 18.4. The third-order valence-electron chi connectivity index (χ3n) is 5.98. The van der Waals surface area contributed by atoms with Gasteiger partial charge in [-0.05, 0) is 48.1 Å². The summed E-state index contributed by atoms with van der Waals surface area (Å²) in [6.07, 6.45) is 0.804. The lowest BCUT2D eigenvalue weighted by Crippen LogP contribution is -2.52. The molecule has 0 radical (unpaired) electrons.